The van der Waals surface area contributed by atoms with E-state index < -0.39 is 6.36 Å². The van der Waals surface area contributed by atoms with E-state index in [0.717, 1.165) is 10.2 Å². The molecule has 2 rings (SSSR count). The summed E-state index contributed by atoms with van der Waals surface area (Å²) in [6.45, 7) is 0. The Morgan fingerprint density at radius 2 is 1.64 bits per heavy atom. The van der Waals surface area contributed by atoms with E-state index in [9.17, 15) is 13.2 Å². The van der Waals surface area contributed by atoms with Crippen molar-refractivity contribution >= 4 is 44.6 Å². The van der Waals surface area contributed by atoms with Gasteiger partial charge in [-0.15, -0.1) is 13.2 Å². The Bertz CT molecular complexity index is 662. The zero-order chi connectivity index (χ0) is 16.2. The van der Waals surface area contributed by atoms with E-state index in [2.05, 4.69) is 31.3 Å². The van der Waals surface area contributed by atoms with Gasteiger partial charge in [-0.3, -0.25) is 0 Å². The van der Waals surface area contributed by atoms with Crippen LogP contribution >= 0.6 is 28.1 Å². The molecular weight excluding hydrogens is 381 g/mol. The van der Waals surface area contributed by atoms with Crippen LogP contribution in [0.2, 0.25) is 0 Å². The summed E-state index contributed by atoms with van der Waals surface area (Å²) in [5, 5.41) is 5.97. The van der Waals surface area contributed by atoms with Crippen LogP contribution in [0.4, 0.5) is 24.5 Å². The molecule has 0 aliphatic carbocycles. The molecule has 0 amide bonds. The molecule has 2 aromatic rings. The molecule has 2 aromatic carbocycles. The minimum Gasteiger partial charge on any atom is -0.406 e. The Labute approximate surface area is 138 Å². The number of alkyl halides is 3. The molecule has 0 spiro atoms. The molecule has 2 N–H and O–H groups in total. The Morgan fingerprint density at radius 1 is 1.00 bits per heavy atom. The Hall–Kier alpha value is -1.80. The topological polar surface area (TPSA) is 33.3 Å². The summed E-state index contributed by atoms with van der Waals surface area (Å²) in [6, 6.07) is 12.7. The number of hydrogen-bond donors (Lipinski definition) is 2. The van der Waals surface area contributed by atoms with Crippen molar-refractivity contribution in [2.45, 2.75) is 6.36 Å². The fourth-order valence-corrected chi connectivity index (χ4v) is 2.10. The van der Waals surface area contributed by atoms with Crippen molar-refractivity contribution in [3.05, 3.63) is 53.0 Å². The molecule has 0 saturated heterocycles. The highest BCUT2D eigenvalue weighted by Gasteiger charge is 2.31. The second-order valence-electron chi connectivity index (χ2n) is 4.16. The highest BCUT2D eigenvalue weighted by molar-refractivity contribution is 9.10. The second kappa shape index (κ2) is 6.97. The first-order valence-corrected chi connectivity index (χ1v) is 7.21. The van der Waals surface area contributed by atoms with Gasteiger partial charge in [-0.2, -0.15) is 0 Å². The molecule has 8 heteroatoms. The minimum atomic E-state index is -4.73. The van der Waals surface area contributed by atoms with Crippen LogP contribution in [0.15, 0.2) is 53.0 Å². The molecule has 0 aliphatic heterocycles. The van der Waals surface area contributed by atoms with E-state index in [1.165, 1.54) is 18.2 Å². The molecule has 0 atom stereocenters. The lowest BCUT2D eigenvalue weighted by Crippen LogP contribution is -2.20. The van der Waals surface area contributed by atoms with Gasteiger partial charge in [-0.05, 0) is 48.6 Å². The molecule has 116 valence electrons. The molecule has 0 heterocycles. The number of thiocarbonyl (C=S) groups is 1. The maximum atomic E-state index is 12.2. The monoisotopic (exact) mass is 390 g/mol. The van der Waals surface area contributed by atoms with Gasteiger partial charge in [-0.25, -0.2) is 0 Å². The lowest BCUT2D eigenvalue weighted by atomic mass is 10.3. The molecule has 0 unspecified atom stereocenters. The van der Waals surface area contributed by atoms with E-state index in [1.54, 1.807) is 18.2 Å². The number of anilines is 2. The Kier molecular flexibility index (Phi) is 5.25. The predicted octanol–water partition coefficient (Wildman–Crippen LogP) is 5.16. The third kappa shape index (κ3) is 5.53. The number of nitrogens with one attached hydrogen (secondary N) is 2. The number of rotatable bonds is 3. The number of hydrogen-bond acceptors (Lipinski definition) is 2. The van der Waals surface area contributed by atoms with Gasteiger partial charge >= 0.3 is 6.36 Å². The predicted molar refractivity (Wildman–Crippen MR) is 87.1 cm³/mol. The molecule has 0 fully saturated rings. The molecular formula is C14H10BrF3N2OS. The molecule has 0 aromatic heterocycles. The highest BCUT2D eigenvalue weighted by Crippen LogP contribution is 2.25. The van der Waals surface area contributed by atoms with Gasteiger partial charge in [0, 0.05) is 21.9 Å². The zero-order valence-electron chi connectivity index (χ0n) is 10.9. The van der Waals surface area contributed by atoms with Crippen molar-refractivity contribution in [1.82, 2.24) is 0 Å². The summed E-state index contributed by atoms with van der Waals surface area (Å²) >= 11 is 8.42. The standard InChI is InChI=1S/C14H10BrF3N2OS/c15-9-4-6-10(7-5-9)19-13(22)20-11-2-1-3-12(8-11)21-14(16,17)18/h1-8H,(H2,19,20,22). The third-order valence-electron chi connectivity index (χ3n) is 2.43. The van der Waals surface area contributed by atoms with Crippen LogP contribution in [0.1, 0.15) is 0 Å². The van der Waals surface area contributed by atoms with Gasteiger partial charge in [0.25, 0.3) is 0 Å². The molecule has 0 radical (unpaired) electrons. The fourth-order valence-electron chi connectivity index (χ4n) is 1.60. The first-order chi connectivity index (χ1) is 10.3. The van der Waals surface area contributed by atoms with Gasteiger partial charge in [0.2, 0.25) is 0 Å². The van der Waals surface area contributed by atoms with Crippen LogP contribution in [0, 0.1) is 0 Å². The second-order valence-corrected chi connectivity index (χ2v) is 5.49. The summed E-state index contributed by atoms with van der Waals surface area (Å²) < 4.78 is 41.3. The van der Waals surface area contributed by atoms with Crippen LogP contribution in [0.3, 0.4) is 0 Å². The normalized spacial score (nSPS) is 10.9. The van der Waals surface area contributed by atoms with Gasteiger partial charge in [0.05, 0.1) is 0 Å². The van der Waals surface area contributed by atoms with Crippen LogP contribution in [-0.2, 0) is 0 Å². The number of benzene rings is 2. The summed E-state index contributed by atoms with van der Waals surface area (Å²) in [6.07, 6.45) is -4.73. The van der Waals surface area contributed by atoms with E-state index in [4.69, 9.17) is 12.2 Å². The van der Waals surface area contributed by atoms with Gasteiger partial charge < -0.3 is 15.4 Å². The first-order valence-electron chi connectivity index (χ1n) is 6.01. The Morgan fingerprint density at radius 3 is 2.27 bits per heavy atom. The van der Waals surface area contributed by atoms with Crippen LogP contribution in [0.5, 0.6) is 5.75 Å². The lowest BCUT2D eigenvalue weighted by molar-refractivity contribution is -0.274. The fraction of sp³-hybridized carbons (Fsp3) is 0.0714. The summed E-state index contributed by atoms with van der Waals surface area (Å²) in [5.41, 5.74) is 1.14. The number of halogens is 4. The average Bonchev–Trinajstić information content (AvgIpc) is 2.40. The number of ether oxygens (including phenoxy) is 1. The van der Waals surface area contributed by atoms with E-state index in [0.29, 0.717) is 5.69 Å². The van der Waals surface area contributed by atoms with E-state index in [1.807, 2.05) is 12.1 Å². The third-order valence-corrected chi connectivity index (χ3v) is 3.16. The molecule has 0 bridgehead atoms. The van der Waals surface area contributed by atoms with Crippen LogP contribution in [-0.4, -0.2) is 11.5 Å². The first kappa shape index (κ1) is 16.6. The van der Waals surface area contributed by atoms with Crippen molar-refractivity contribution in [2.75, 3.05) is 10.6 Å². The van der Waals surface area contributed by atoms with Crippen LogP contribution < -0.4 is 15.4 Å². The van der Waals surface area contributed by atoms with Crippen molar-refractivity contribution in [3.8, 4) is 5.75 Å². The highest BCUT2D eigenvalue weighted by atomic mass is 79.9. The van der Waals surface area contributed by atoms with Crippen LogP contribution in [0.25, 0.3) is 0 Å². The zero-order valence-corrected chi connectivity index (χ0v) is 13.3. The van der Waals surface area contributed by atoms with E-state index in [-0.39, 0.29) is 10.9 Å². The molecule has 22 heavy (non-hydrogen) atoms. The Balaban J connectivity index is 1.99. The largest absolute Gasteiger partial charge is 0.573 e. The van der Waals surface area contributed by atoms with Crippen molar-refractivity contribution in [2.24, 2.45) is 0 Å². The van der Waals surface area contributed by atoms with Crippen molar-refractivity contribution < 1.29 is 17.9 Å². The maximum Gasteiger partial charge on any atom is 0.573 e. The lowest BCUT2D eigenvalue weighted by Gasteiger charge is -2.13. The van der Waals surface area contributed by atoms with Gasteiger partial charge in [0.1, 0.15) is 5.75 Å². The summed E-state index contributed by atoms with van der Waals surface area (Å²) in [7, 11) is 0. The molecule has 3 nitrogen and oxygen atoms in total. The summed E-state index contributed by atoms with van der Waals surface area (Å²) in [4.78, 5) is 0. The van der Waals surface area contributed by atoms with E-state index >= 15 is 0 Å². The average molecular weight is 391 g/mol. The quantitative estimate of drug-likeness (QED) is 0.709. The maximum absolute atomic E-state index is 12.2. The summed E-state index contributed by atoms with van der Waals surface area (Å²) in [5.74, 6) is -0.316. The van der Waals surface area contributed by atoms with Crippen molar-refractivity contribution in [1.29, 1.82) is 0 Å². The van der Waals surface area contributed by atoms with Gasteiger partial charge in [-0.1, -0.05) is 22.0 Å². The smallest absolute Gasteiger partial charge is 0.406 e. The van der Waals surface area contributed by atoms with Gasteiger partial charge in [0.15, 0.2) is 5.11 Å². The molecule has 0 aliphatic rings. The minimum absolute atomic E-state index is 0.256. The van der Waals surface area contributed by atoms with Crippen molar-refractivity contribution in [3.63, 3.8) is 0 Å². The molecule has 0 saturated carbocycles. The SMILES string of the molecule is FC(F)(F)Oc1cccc(NC(=S)Nc2ccc(Br)cc2)c1.